The Morgan fingerprint density at radius 3 is 2.66 bits per heavy atom. The summed E-state index contributed by atoms with van der Waals surface area (Å²) >= 11 is 0. The van der Waals surface area contributed by atoms with Crippen LogP contribution >= 0.6 is 0 Å². The molecule has 4 aliphatic rings. The number of halogens is 1. The fraction of sp³-hybridized carbons (Fsp3) is 0.833. The molecule has 5 heteroatoms. The van der Waals surface area contributed by atoms with E-state index in [4.69, 9.17) is 0 Å². The van der Waals surface area contributed by atoms with Crippen LogP contribution in [0.15, 0.2) is 18.5 Å². The van der Waals surface area contributed by atoms with E-state index in [1.165, 1.54) is 0 Å². The molecular formula is C24H35FN2O2. The molecule has 1 aromatic heterocycles. The van der Waals surface area contributed by atoms with Gasteiger partial charge < -0.3 is 5.11 Å². The van der Waals surface area contributed by atoms with E-state index < -0.39 is 11.8 Å². The van der Waals surface area contributed by atoms with Crippen molar-refractivity contribution < 1.29 is 14.3 Å². The highest BCUT2D eigenvalue weighted by atomic mass is 19.1. The number of rotatable bonds is 3. The summed E-state index contributed by atoms with van der Waals surface area (Å²) in [4.78, 5) is 13.1. The topological polar surface area (TPSA) is 55.1 Å². The fourth-order valence-corrected chi connectivity index (χ4v) is 8.20. The van der Waals surface area contributed by atoms with E-state index in [2.05, 4.69) is 12.0 Å². The van der Waals surface area contributed by atoms with Gasteiger partial charge in [-0.05, 0) is 99.4 Å². The Balaban J connectivity index is 1.35. The van der Waals surface area contributed by atoms with Crippen molar-refractivity contribution in [2.24, 2.45) is 40.9 Å². The van der Waals surface area contributed by atoms with Crippen LogP contribution in [0.2, 0.25) is 0 Å². The van der Waals surface area contributed by atoms with Crippen LogP contribution in [-0.2, 0) is 11.3 Å². The van der Waals surface area contributed by atoms with Gasteiger partial charge in [-0.15, -0.1) is 0 Å². The van der Waals surface area contributed by atoms with Gasteiger partial charge in [0.25, 0.3) is 0 Å². The smallest absolute Gasteiger partial charge is 0.157 e. The van der Waals surface area contributed by atoms with Crippen LogP contribution in [0.25, 0.3) is 0 Å². The number of carbonyl (C=O) groups is 1. The van der Waals surface area contributed by atoms with Crippen molar-refractivity contribution >= 4 is 5.78 Å². The second-order valence-corrected chi connectivity index (χ2v) is 11.1. The standard InChI is InChI=1S/C24H35FN2O2/c1-23(29)8-6-16-15-7-9-24(2)19(17(15)12-21(25)18(16)13-23)4-5-20(24)22(28)14-27-11-3-10-26-27/h3,10-11,15-21,29H,4-9,12-14H2,1-2H3/t15-,16-,17?,18+,19+,20-,21-,23-,24+/m1/s1. The number of ketones is 1. The molecule has 0 amide bonds. The summed E-state index contributed by atoms with van der Waals surface area (Å²) in [6, 6.07) is 1.86. The van der Waals surface area contributed by atoms with Crippen LogP contribution in [-0.4, -0.2) is 32.4 Å². The number of Topliss-reactive ketones (excluding diaryl/α,β-unsaturated/α-hetero) is 1. The Labute approximate surface area is 173 Å². The maximum atomic E-state index is 15.3. The Morgan fingerprint density at radius 2 is 1.90 bits per heavy atom. The summed E-state index contributed by atoms with van der Waals surface area (Å²) in [5, 5.41) is 14.7. The molecule has 0 radical (unpaired) electrons. The Kier molecular flexibility index (Phi) is 4.69. The van der Waals surface area contributed by atoms with Crippen LogP contribution < -0.4 is 0 Å². The molecule has 160 valence electrons. The average molecular weight is 403 g/mol. The van der Waals surface area contributed by atoms with Gasteiger partial charge in [-0.2, -0.15) is 5.10 Å². The minimum absolute atomic E-state index is 0.0120. The van der Waals surface area contributed by atoms with Crippen molar-refractivity contribution in [3.8, 4) is 0 Å². The molecule has 9 atom stereocenters. The number of nitrogens with zero attached hydrogens (tertiary/aromatic N) is 2. The second-order valence-electron chi connectivity index (χ2n) is 11.1. The van der Waals surface area contributed by atoms with Crippen molar-refractivity contribution in [2.45, 2.75) is 83.5 Å². The van der Waals surface area contributed by atoms with Crippen LogP contribution in [0, 0.1) is 40.9 Å². The molecule has 0 aromatic carbocycles. The molecule has 1 unspecified atom stereocenters. The molecule has 1 heterocycles. The monoisotopic (exact) mass is 402 g/mol. The number of fused-ring (bicyclic) bond motifs is 5. The lowest BCUT2D eigenvalue weighted by Gasteiger charge is -2.57. The van der Waals surface area contributed by atoms with E-state index in [0.29, 0.717) is 48.8 Å². The predicted octanol–water partition coefficient (Wildman–Crippen LogP) is 4.42. The van der Waals surface area contributed by atoms with Crippen LogP contribution in [0.5, 0.6) is 0 Å². The van der Waals surface area contributed by atoms with Crippen LogP contribution in [0.1, 0.15) is 65.2 Å². The first-order valence-electron chi connectivity index (χ1n) is 11.6. The first-order valence-corrected chi connectivity index (χ1v) is 11.6. The third kappa shape index (κ3) is 3.19. The number of alkyl halides is 1. The number of hydrogen-bond donors (Lipinski definition) is 1. The number of aromatic nitrogens is 2. The van der Waals surface area contributed by atoms with Gasteiger partial charge in [-0.1, -0.05) is 6.92 Å². The molecule has 4 aliphatic carbocycles. The van der Waals surface area contributed by atoms with Gasteiger partial charge in [0.2, 0.25) is 0 Å². The van der Waals surface area contributed by atoms with E-state index in [1.807, 2.05) is 19.2 Å². The second kappa shape index (κ2) is 6.90. The largest absolute Gasteiger partial charge is 0.390 e. The SMILES string of the molecule is C[C@@]1(O)CC[C@H]2[C@H](C1)[C@H](F)CC1[C@@H]2CC[C@]2(C)[C@@H](C(=O)Cn3cccn3)CC[C@@H]12. The van der Waals surface area contributed by atoms with Gasteiger partial charge in [-0.3, -0.25) is 9.48 Å². The van der Waals surface area contributed by atoms with Gasteiger partial charge in [0.1, 0.15) is 6.17 Å². The molecule has 0 spiro atoms. The molecule has 4 saturated carbocycles. The van der Waals surface area contributed by atoms with Crippen LogP contribution in [0.3, 0.4) is 0 Å². The molecule has 29 heavy (non-hydrogen) atoms. The lowest BCUT2D eigenvalue weighted by atomic mass is 9.48. The molecule has 4 fully saturated rings. The summed E-state index contributed by atoms with van der Waals surface area (Å²) in [5.74, 6) is 2.30. The Morgan fingerprint density at radius 1 is 1.14 bits per heavy atom. The first-order chi connectivity index (χ1) is 13.8. The summed E-state index contributed by atoms with van der Waals surface area (Å²) in [5.41, 5.74) is -0.684. The van der Waals surface area contributed by atoms with Crippen molar-refractivity contribution in [3.05, 3.63) is 18.5 Å². The number of carbonyl (C=O) groups excluding carboxylic acids is 1. The molecular weight excluding hydrogens is 367 g/mol. The van der Waals surface area contributed by atoms with Gasteiger partial charge in [0.15, 0.2) is 5.78 Å². The summed E-state index contributed by atoms with van der Waals surface area (Å²) in [6.07, 6.45) is 10.0. The van der Waals surface area contributed by atoms with E-state index >= 15 is 4.39 Å². The predicted molar refractivity (Wildman–Crippen MR) is 109 cm³/mol. The van der Waals surface area contributed by atoms with Crippen molar-refractivity contribution in [2.75, 3.05) is 0 Å². The Bertz CT molecular complexity index is 763. The van der Waals surface area contributed by atoms with Gasteiger partial charge >= 0.3 is 0 Å². The molecule has 1 aromatic rings. The van der Waals surface area contributed by atoms with E-state index in [0.717, 1.165) is 38.5 Å². The van der Waals surface area contributed by atoms with Crippen LogP contribution in [0.4, 0.5) is 4.39 Å². The molecule has 5 rings (SSSR count). The zero-order valence-electron chi connectivity index (χ0n) is 17.8. The van der Waals surface area contributed by atoms with E-state index in [-0.39, 0.29) is 17.3 Å². The average Bonchev–Trinajstić information content (AvgIpc) is 3.28. The number of aliphatic hydroxyl groups is 1. The van der Waals surface area contributed by atoms with Crippen molar-refractivity contribution in [1.29, 1.82) is 0 Å². The van der Waals surface area contributed by atoms with Gasteiger partial charge in [0, 0.05) is 18.3 Å². The third-order valence-corrected chi connectivity index (χ3v) is 9.51. The third-order valence-electron chi connectivity index (χ3n) is 9.51. The molecule has 0 saturated heterocycles. The zero-order chi connectivity index (χ0) is 20.4. The lowest BCUT2D eigenvalue weighted by Crippen LogP contribution is -2.54. The molecule has 1 N–H and O–H groups in total. The quantitative estimate of drug-likeness (QED) is 0.814. The molecule has 0 bridgehead atoms. The lowest BCUT2D eigenvalue weighted by molar-refractivity contribution is -0.139. The minimum Gasteiger partial charge on any atom is -0.390 e. The van der Waals surface area contributed by atoms with Crippen molar-refractivity contribution in [1.82, 2.24) is 9.78 Å². The highest BCUT2D eigenvalue weighted by Gasteiger charge is 2.60. The fourth-order valence-electron chi connectivity index (χ4n) is 8.20. The highest BCUT2D eigenvalue weighted by molar-refractivity contribution is 5.82. The summed E-state index contributed by atoms with van der Waals surface area (Å²) in [7, 11) is 0. The molecule has 0 aliphatic heterocycles. The van der Waals surface area contributed by atoms with Gasteiger partial charge in [0.05, 0.1) is 12.1 Å². The maximum absolute atomic E-state index is 15.3. The van der Waals surface area contributed by atoms with Crippen molar-refractivity contribution in [3.63, 3.8) is 0 Å². The first kappa shape index (κ1) is 19.7. The summed E-state index contributed by atoms with van der Waals surface area (Å²) in [6.45, 7) is 4.56. The van der Waals surface area contributed by atoms with E-state index in [1.54, 1.807) is 10.9 Å². The summed E-state index contributed by atoms with van der Waals surface area (Å²) < 4.78 is 17.1. The normalized spacial score (nSPS) is 49.2. The van der Waals surface area contributed by atoms with Gasteiger partial charge in [-0.25, -0.2) is 4.39 Å². The maximum Gasteiger partial charge on any atom is 0.157 e. The zero-order valence-corrected chi connectivity index (χ0v) is 17.8. The minimum atomic E-state index is -0.797. The van der Waals surface area contributed by atoms with E-state index in [9.17, 15) is 9.90 Å². The number of hydrogen-bond acceptors (Lipinski definition) is 3. The Hall–Kier alpha value is -1.23. The molecule has 4 nitrogen and oxygen atoms in total. The highest BCUT2D eigenvalue weighted by Crippen LogP contribution is 2.65.